The highest BCUT2D eigenvalue weighted by Gasteiger charge is 2.22. The van der Waals surface area contributed by atoms with Crippen LogP contribution in [0.1, 0.15) is 16.7 Å². The standard InChI is InChI=1S/C18H17ClN4O2/c1-25-14-4-2-12(3-5-14)10-23-17-16(9-21-23)15-6-7-22(18(19)24)11-13(15)8-20-17/h2-5,8-9H,6-7,10-11H2,1H3. The number of carbonyl (C=O) groups excluding carboxylic acids is 1. The van der Waals surface area contributed by atoms with Gasteiger partial charge in [-0.25, -0.2) is 9.67 Å². The van der Waals surface area contributed by atoms with Crippen LogP contribution in [0, 0.1) is 0 Å². The first-order chi connectivity index (χ1) is 12.2. The van der Waals surface area contributed by atoms with E-state index in [4.69, 9.17) is 16.3 Å². The van der Waals surface area contributed by atoms with E-state index in [1.54, 1.807) is 12.0 Å². The molecule has 0 bridgehead atoms. The van der Waals surface area contributed by atoms with Crippen molar-refractivity contribution in [3.8, 4) is 5.75 Å². The first kappa shape index (κ1) is 15.9. The van der Waals surface area contributed by atoms with Crippen LogP contribution in [0.15, 0.2) is 36.7 Å². The molecular formula is C18H17ClN4O2. The van der Waals surface area contributed by atoms with E-state index in [-0.39, 0.29) is 0 Å². The van der Waals surface area contributed by atoms with Crippen LogP contribution in [0.2, 0.25) is 0 Å². The van der Waals surface area contributed by atoms with Crippen molar-refractivity contribution in [3.63, 3.8) is 0 Å². The third-order valence-corrected chi connectivity index (χ3v) is 4.84. The number of aromatic nitrogens is 3. The molecule has 1 aliphatic heterocycles. The Morgan fingerprint density at radius 1 is 1.28 bits per heavy atom. The van der Waals surface area contributed by atoms with Crippen molar-refractivity contribution >= 4 is 28.0 Å². The van der Waals surface area contributed by atoms with Crippen LogP contribution in [-0.4, -0.2) is 38.7 Å². The van der Waals surface area contributed by atoms with Gasteiger partial charge in [0.1, 0.15) is 5.75 Å². The van der Waals surface area contributed by atoms with Gasteiger partial charge in [0.05, 0.1) is 19.9 Å². The second-order valence-electron chi connectivity index (χ2n) is 6.07. The Bertz CT molecular complexity index is 936. The van der Waals surface area contributed by atoms with Gasteiger partial charge in [-0.3, -0.25) is 4.79 Å². The molecule has 25 heavy (non-hydrogen) atoms. The topological polar surface area (TPSA) is 60.2 Å². The first-order valence-electron chi connectivity index (χ1n) is 8.05. The maximum Gasteiger partial charge on any atom is 0.316 e. The van der Waals surface area contributed by atoms with E-state index < -0.39 is 5.37 Å². The average Bonchev–Trinajstić information content (AvgIpc) is 3.05. The Balaban J connectivity index is 1.65. The number of fused-ring (bicyclic) bond motifs is 3. The molecule has 2 aromatic heterocycles. The fourth-order valence-corrected chi connectivity index (χ4v) is 3.39. The number of hydrogen-bond acceptors (Lipinski definition) is 4. The summed E-state index contributed by atoms with van der Waals surface area (Å²) in [6, 6.07) is 7.92. The number of amides is 1. The molecule has 7 heteroatoms. The molecule has 3 heterocycles. The molecule has 0 fully saturated rings. The van der Waals surface area contributed by atoms with Crippen LogP contribution >= 0.6 is 11.6 Å². The van der Waals surface area contributed by atoms with E-state index in [0.29, 0.717) is 19.6 Å². The van der Waals surface area contributed by atoms with Crippen molar-refractivity contribution in [2.75, 3.05) is 13.7 Å². The fraction of sp³-hybridized carbons (Fsp3) is 0.278. The molecule has 0 saturated heterocycles. The summed E-state index contributed by atoms with van der Waals surface area (Å²) in [5.41, 5.74) is 4.24. The monoisotopic (exact) mass is 356 g/mol. The Kier molecular flexibility index (Phi) is 4.05. The lowest BCUT2D eigenvalue weighted by molar-refractivity contribution is 0.216. The van der Waals surface area contributed by atoms with E-state index in [1.165, 1.54) is 5.56 Å². The van der Waals surface area contributed by atoms with Gasteiger partial charge in [0, 0.05) is 24.7 Å². The predicted molar refractivity (Wildman–Crippen MR) is 95.0 cm³/mol. The highest BCUT2D eigenvalue weighted by atomic mass is 35.5. The van der Waals surface area contributed by atoms with E-state index in [1.807, 2.05) is 41.3 Å². The van der Waals surface area contributed by atoms with Crippen molar-refractivity contribution < 1.29 is 9.53 Å². The molecule has 1 aliphatic rings. The van der Waals surface area contributed by atoms with Crippen LogP contribution in [0.5, 0.6) is 5.75 Å². The van der Waals surface area contributed by atoms with Gasteiger partial charge in [-0.05, 0) is 46.8 Å². The molecule has 0 radical (unpaired) electrons. The number of methoxy groups -OCH3 is 1. The van der Waals surface area contributed by atoms with Gasteiger partial charge < -0.3 is 9.64 Å². The quantitative estimate of drug-likeness (QED) is 0.534. The van der Waals surface area contributed by atoms with Crippen molar-refractivity contribution in [3.05, 3.63) is 53.3 Å². The van der Waals surface area contributed by atoms with Gasteiger partial charge in [0.2, 0.25) is 0 Å². The Hall–Kier alpha value is -2.60. The van der Waals surface area contributed by atoms with Crippen molar-refractivity contribution in [2.24, 2.45) is 0 Å². The molecule has 3 aromatic rings. The lowest BCUT2D eigenvalue weighted by atomic mass is 10.00. The van der Waals surface area contributed by atoms with Crippen molar-refractivity contribution in [1.29, 1.82) is 0 Å². The molecule has 0 N–H and O–H groups in total. The first-order valence-corrected chi connectivity index (χ1v) is 8.43. The van der Waals surface area contributed by atoms with Crippen LogP contribution < -0.4 is 4.74 Å². The maximum atomic E-state index is 11.4. The molecule has 0 saturated carbocycles. The molecule has 0 aliphatic carbocycles. The average molecular weight is 357 g/mol. The number of hydrogen-bond donors (Lipinski definition) is 0. The molecule has 0 spiro atoms. The smallest absolute Gasteiger partial charge is 0.316 e. The number of pyridine rings is 1. The highest BCUT2D eigenvalue weighted by Crippen LogP contribution is 2.27. The summed E-state index contributed by atoms with van der Waals surface area (Å²) >= 11 is 5.60. The molecule has 4 rings (SSSR count). The van der Waals surface area contributed by atoms with E-state index in [0.717, 1.165) is 34.3 Å². The van der Waals surface area contributed by atoms with Gasteiger partial charge in [0.15, 0.2) is 5.65 Å². The SMILES string of the molecule is COc1ccc(Cn2ncc3c4c(cnc32)CN(C(=O)Cl)CC4)cc1. The largest absolute Gasteiger partial charge is 0.497 e. The number of nitrogens with zero attached hydrogens (tertiary/aromatic N) is 4. The van der Waals surface area contributed by atoms with Gasteiger partial charge in [-0.1, -0.05) is 12.1 Å². The normalized spacial score (nSPS) is 13.8. The molecule has 1 aromatic carbocycles. The zero-order valence-corrected chi connectivity index (χ0v) is 14.5. The lowest BCUT2D eigenvalue weighted by Gasteiger charge is -2.26. The number of carbonyl (C=O) groups is 1. The molecule has 128 valence electrons. The number of rotatable bonds is 3. The second-order valence-corrected chi connectivity index (χ2v) is 6.40. The minimum absolute atomic E-state index is 0.416. The minimum Gasteiger partial charge on any atom is -0.497 e. The van der Waals surface area contributed by atoms with Gasteiger partial charge >= 0.3 is 5.37 Å². The summed E-state index contributed by atoms with van der Waals surface area (Å²) in [5.74, 6) is 0.833. The lowest BCUT2D eigenvalue weighted by Crippen LogP contribution is -2.32. The maximum absolute atomic E-state index is 11.4. The molecule has 0 unspecified atom stereocenters. The van der Waals surface area contributed by atoms with Gasteiger partial charge in [0.25, 0.3) is 0 Å². The van der Waals surface area contributed by atoms with Crippen molar-refractivity contribution in [1.82, 2.24) is 19.7 Å². The van der Waals surface area contributed by atoms with Gasteiger partial charge in [-0.2, -0.15) is 5.10 Å². The summed E-state index contributed by atoms with van der Waals surface area (Å²) in [5, 5.41) is 5.14. The van der Waals surface area contributed by atoms with Crippen LogP contribution in [0.3, 0.4) is 0 Å². The highest BCUT2D eigenvalue weighted by molar-refractivity contribution is 6.62. The van der Waals surface area contributed by atoms with Crippen molar-refractivity contribution in [2.45, 2.75) is 19.5 Å². The van der Waals surface area contributed by atoms with Crippen LogP contribution in [0.25, 0.3) is 11.0 Å². The summed E-state index contributed by atoms with van der Waals surface area (Å²) in [6.45, 7) is 1.77. The summed E-state index contributed by atoms with van der Waals surface area (Å²) in [7, 11) is 1.65. The Morgan fingerprint density at radius 3 is 2.80 bits per heavy atom. The van der Waals surface area contributed by atoms with E-state index in [2.05, 4.69) is 10.1 Å². The third kappa shape index (κ3) is 2.93. The predicted octanol–water partition coefficient (Wildman–Crippen LogP) is 3.21. The number of ether oxygens (including phenoxy) is 1. The fourth-order valence-electron chi connectivity index (χ4n) is 3.25. The Morgan fingerprint density at radius 2 is 2.08 bits per heavy atom. The van der Waals surface area contributed by atoms with Crippen LogP contribution in [-0.2, 0) is 19.5 Å². The van der Waals surface area contributed by atoms with E-state index in [9.17, 15) is 4.79 Å². The third-order valence-electron chi connectivity index (χ3n) is 4.60. The minimum atomic E-state index is -0.416. The zero-order chi connectivity index (χ0) is 17.4. The molecule has 0 atom stereocenters. The summed E-state index contributed by atoms with van der Waals surface area (Å²) < 4.78 is 7.09. The zero-order valence-electron chi connectivity index (χ0n) is 13.8. The summed E-state index contributed by atoms with van der Waals surface area (Å²) in [4.78, 5) is 17.6. The Labute approximate surface area is 150 Å². The van der Waals surface area contributed by atoms with Crippen LogP contribution in [0.4, 0.5) is 4.79 Å². The second kappa shape index (κ2) is 6.37. The number of halogens is 1. The van der Waals surface area contributed by atoms with E-state index >= 15 is 0 Å². The number of benzene rings is 1. The summed E-state index contributed by atoms with van der Waals surface area (Å²) in [6.07, 6.45) is 4.46. The molecule has 1 amide bonds. The van der Waals surface area contributed by atoms with Gasteiger partial charge in [-0.15, -0.1) is 0 Å². The molecular weight excluding hydrogens is 340 g/mol. The molecule has 6 nitrogen and oxygen atoms in total.